The van der Waals surface area contributed by atoms with Crippen LogP contribution in [-0.2, 0) is 6.42 Å². The summed E-state index contributed by atoms with van der Waals surface area (Å²) in [5.74, 6) is 2.65. The van der Waals surface area contributed by atoms with Gasteiger partial charge in [0.1, 0.15) is 0 Å². The van der Waals surface area contributed by atoms with Crippen molar-refractivity contribution in [3.05, 3.63) is 53.9 Å². The zero-order valence-electron chi connectivity index (χ0n) is 17.2. The Morgan fingerprint density at radius 1 is 1.33 bits per heavy atom. The summed E-state index contributed by atoms with van der Waals surface area (Å²) in [6.45, 7) is 4.84. The minimum Gasteiger partial charge on any atom is -0.356 e. The number of rotatable bonds is 5. The second-order valence-corrected chi connectivity index (χ2v) is 7.97. The summed E-state index contributed by atoms with van der Waals surface area (Å²) >= 11 is 5.93. The van der Waals surface area contributed by atoms with E-state index in [0.717, 1.165) is 31.0 Å². The van der Waals surface area contributed by atoms with Crippen LogP contribution in [0.2, 0.25) is 5.02 Å². The lowest BCUT2D eigenvalue weighted by Crippen LogP contribution is -2.49. The predicted octanol–water partition coefficient (Wildman–Crippen LogP) is 3.29. The van der Waals surface area contributed by atoms with E-state index in [1.54, 1.807) is 0 Å². The zero-order valence-corrected chi connectivity index (χ0v) is 18.0. The summed E-state index contributed by atoms with van der Waals surface area (Å²) in [7, 11) is 1.82. The molecule has 0 amide bonds. The third-order valence-corrected chi connectivity index (χ3v) is 5.78. The summed E-state index contributed by atoms with van der Waals surface area (Å²) in [4.78, 5) is 15.5. The Kier molecular flexibility index (Phi) is 6.32. The molecule has 3 aromatic rings. The Morgan fingerprint density at radius 2 is 2.17 bits per heavy atom. The predicted molar refractivity (Wildman–Crippen MR) is 116 cm³/mol. The Hall–Kier alpha value is -2.87. The molecule has 30 heavy (non-hydrogen) atoms. The lowest BCUT2D eigenvalue weighted by atomic mass is 9.93. The normalized spacial score (nSPS) is 19.8. The molecule has 1 aliphatic rings. The van der Waals surface area contributed by atoms with E-state index in [1.807, 2.05) is 50.0 Å². The van der Waals surface area contributed by atoms with Gasteiger partial charge in [-0.25, -0.2) is 4.98 Å². The maximum Gasteiger partial charge on any atom is 0.228 e. The first kappa shape index (κ1) is 20.4. The van der Waals surface area contributed by atoms with Crippen molar-refractivity contribution in [2.24, 2.45) is 10.9 Å². The van der Waals surface area contributed by atoms with E-state index in [2.05, 4.69) is 41.8 Å². The summed E-state index contributed by atoms with van der Waals surface area (Å²) in [5.41, 5.74) is 0.881. The number of hydrogen-bond acceptors (Lipinski definition) is 5. The molecule has 2 unspecified atom stereocenters. The second kappa shape index (κ2) is 9.30. The molecule has 0 spiro atoms. The van der Waals surface area contributed by atoms with Crippen LogP contribution in [0.25, 0.3) is 11.4 Å². The van der Waals surface area contributed by atoms with E-state index >= 15 is 0 Å². The number of guanidine groups is 1. The van der Waals surface area contributed by atoms with E-state index < -0.39 is 0 Å². The van der Waals surface area contributed by atoms with Gasteiger partial charge in [0.2, 0.25) is 11.7 Å². The molecule has 4 rings (SSSR count). The minimum absolute atomic E-state index is 0.387. The Morgan fingerprint density at radius 3 is 2.90 bits per heavy atom. The van der Waals surface area contributed by atoms with Gasteiger partial charge < -0.3 is 19.3 Å². The fourth-order valence-corrected chi connectivity index (χ4v) is 3.91. The summed E-state index contributed by atoms with van der Waals surface area (Å²) in [6, 6.07) is 7.78. The van der Waals surface area contributed by atoms with Gasteiger partial charge in [0.15, 0.2) is 5.96 Å². The molecule has 0 aliphatic carbocycles. The molecule has 9 heteroatoms. The van der Waals surface area contributed by atoms with E-state index in [9.17, 15) is 0 Å². The molecule has 0 radical (unpaired) electrons. The van der Waals surface area contributed by atoms with Crippen molar-refractivity contribution in [2.75, 3.05) is 26.7 Å². The van der Waals surface area contributed by atoms with Crippen molar-refractivity contribution in [1.29, 1.82) is 0 Å². The monoisotopic (exact) mass is 427 g/mol. The maximum absolute atomic E-state index is 5.93. The molecule has 1 N–H and O–H groups in total. The molecular weight excluding hydrogens is 402 g/mol. The molecule has 1 aromatic carbocycles. The maximum atomic E-state index is 5.93. The van der Waals surface area contributed by atoms with Crippen molar-refractivity contribution in [3.8, 4) is 11.4 Å². The number of benzene rings is 1. The highest BCUT2D eigenvalue weighted by Crippen LogP contribution is 2.27. The molecule has 2 aromatic heterocycles. The van der Waals surface area contributed by atoms with Crippen LogP contribution in [-0.4, -0.2) is 57.2 Å². The lowest BCUT2D eigenvalue weighted by Gasteiger charge is -2.39. The molecule has 3 heterocycles. The number of imidazole rings is 1. The van der Waals surface area contributed by atoms with Gasteiger partial charge in [-0.3, -0.25) is 4.99 Å². The highest BCUT2D eigenvalue weighted by molar-refractivity contribution is 6.30. The first-order valence-corrected chi connectivity index (χ1v) is 10.5. The van der Waals surface area contributed by atoms with Crippen molar-refractivity contribution in [1.82, 2.24) is 29.9 Å². The van der Waals surface area contributed by atoms with Crippen molar-refractivity contribution < 1.29 is 4.52 Å². The van der Waals surface area contributed by atoms with Crippen molar-refractivity contribution in [2.45, 2.75) is 25.8 Å². The van der Waals surface area contributed by atoms with Crippen molar-refractivity contribution >= 4 is 17.6 Å². The first-order valence-electron chi connectivity index (χ1n) is 10.2. The Labute approximate surface area is 181 Å². The topological polar surface area (TPSA) is 84.4 Å². The number of nitrogens with zero attached hydrogens (tertiary/aromatic N) is 6. The third-order valence-electron chi connectivity index (χ3n) is 5.53. The van der Waals surface area contributed by atoms with E-state index in [-0.39, 0.29) is 0 Å². The molecule has 1 fully saturated rings. The number of aliphatic imine (C=N–C) groups is 1. The van der Waals surface area contributed by atoms with Gasteiger partial charge in [0.25, 0.3) is 0 Å². The van der Waals surface area contributed by atoms with Crippen molar-refractivity contribution in [3.63, 3.8) is 0 Å². The molecule has 0 saturated carbocycles. The number of nitrogens with one attached hydrogen (secondary N) is 1. The Balaban J connectivity index is 1.32. The van der Waals surface area contributed by atoms with Crippen LogP contribution in [0.3, 0.4) is 0 Å². The average molecular weight is 428 g/mol. The van der Waals surface area contributed by atoms with Gasteiger partial charge in [0, 0.05) is 56.1 Å². The van der Waals surface area contributed by atoms with Crippen LogP contribution >= 0.6 is 11.6 Å². The van der Waals surface area contributed by atoms with Crippen LogP contribution in [0.15, 0.2) is 52.5 Å². The van der Waals surface area contributed by atoms with Crippen LogP contribution in [0.1, 0.15) is 25.3 Å². The quantitative estimate of drug-likeness (QED) is 0.496. The van der Waals surface area contributed by atoms with Gasteiger partial charge in [-0.2, -0.15) is 4.98 Å². The largest absolute Gasteiger partial charge is 0.356 e. The van der Waals surface area contributed by atoms with Gasteiger partial charge in [0.05, 0.1) is 12.4 Å². The first-order chi connectivity index (χ1) is 14.6. The number of likely N-dealkylation sites (tertiary alicyclic amines) is 1. The van der Waals surface area contributed by atoms with E-state index in [1.165, 1.54) is 0 Å². The van der Waals surface area contributed by atoms with Gasteiger partial charge >= 0.3 is 0 Å². The molecule has 0 bridgehead atoms. The lowest BCUT2D eigenvalue weighted by molar-refractivity contribution is 0.189. The second-order valence-electron chi connectivity index (χ2n) is 7.53. The smallest absolute Gasteiger partial charge is 0.228 e. The van der Waals surface area contributed by atoms with Gasteiger partial charge in [-0.05, 0) is 36.6 Å². The molecule has 1 saturated heterocycles. The van der Waals surface area contributed by atoms with Crippen LogP contribution in [0.4, 0.5) is 0 Å². The van der Waals surface area contributed by atoms with E-state index in [4.69, 9.17) is 16.1 Å². The average Bonchev–Trinajstić information content (AvgIpc) is 3.45. The highest BCUT2D eigenvalue weighted by atomic mass is 35.5. The minimum atomic E-state index is 0.387. The van der Waals surface area contributed by atoms with E-state index in [0.29, 0.717) is 41.7 Å². The number of hydrogen-bond donors (Lipinski definition) is 1. The molecule has 2 atom stereocenters. The summed E-state index contributed by atoms with van der Waals surface area (Å²) < 4.78 is 7.59. The van der Waals surface area contributed by atoms with Crippen LogP contribution in [0.5, 0.6) is 0 Å². The molecular formula is C21H26ClN7O. The third kappa shape index (κ3) is 4.64. The summed E-state index contributed by atoms with van der Waals surface area (Å²) in [6.07, 6.45) is 7.50. The highest BCUT2D eigenvalue weighted by Gasteiger charge is 2.28. The number of halogens is 1. The standard InChI is InChI=1S/C21H26ClN7O/c1-15-8-11-28(13-18(15)29-12-10-24-14-29)21(23-2)25-9-7-19-26-20(27-30-19)16-3-5-17(22)6-4-16/h3-6,10,12,14-15,18H,7-9,11,13H2,1-2H3,(H,23,25). The van der Waals surface area contributed by atoms with Crippen LogP contribution in [0, 0.1) is 5.92 Å². The summed E-state index contributed by atoms with van der Waals surface area (Å²) in [5, 5.41) is 8.18. The number of piperidine rings is 1. The molecule has 158 valence electrons. The number of aromatic nitrogens is 4. The van der Waals surface area contributed by atoms with Gasteiger partial charge in [-0.15, -0.1) is 0 Å². The van der Waals surface area contributed by atoms with Crippen LogP contribution < -0.4 is 5.32 Å². The fraction of sp³-hybridized carbons (Fsp3) is 0.429. The Bertz CT molecular complexity index is 968. The zero-order chi connectivity index (χ0) is 20.9. The molecule has 1 aliphatic heterocycles. The SMILES string of the molecule is CN=C(NCCc1nc(-c2ccc(Cl)cc2)no1)N1CCC(C)C(n2ccnc2)C1. The molecule has 8 nitrogen and oxygen atoms in total. The fourth-order valence-electron chi connectivity index (χ4n) is 3.78. The van der Waals surface area contributed by atoms with Gasteiger partial charge in [-0.1, -0.05) is 23.7 Å².